The highest BCUT2D eigenvalue weighted by atomic mass is 127. The number of nitrogens with one attached hydrogen (secondary N) is 2. The Balaban J connectivity index is 0.00000363. The van der Waals surface area contributed by atoms with Crippen LogP contribution in [0.4, 0.5) is 0 Å². The maximum Gasteiger partial charge on any atom is 0.192 e. The number of guanidine groups is 1. The Morgan fingerprint density at radius 2 is 2.16 bits per heavy atom. The number of nitrogens with zero attached hydrogens (tertiary/aromatic N) is 4. The molecule has 10 heteroatoms. The van der Waals surface area contributed by atoms with Gasteiger partial charge in [-0.05, 0) is 51.3 Å². The molecule has 0 aliphatic rings. The fourth-order valence-electron chi connectivity index (χ4n) is 3.13. The van der Waals surface area contributed by atoms with Gasteiger partial charge in [-0.25, -0.2) is 4.99 Å². The van der Waals surface area contributed by atoms with Crippen molar-refractivity contribution < 1.29 is 9.15 Å². The lowest BCUT2D eigenvalue weighted by Gasteiger charge is -2.17. The third kappa shape index (κ3) is 6.77. The number of thioether (sulfide) groups is 1. The zero-order valence-corrected chi connectivity index (χ0v) is 22.5. The minimum atomic E-state index is -0.0742. The number of hydrogen-bond acceptors (Lipinski definition) is 6. The van der Waals surface area contributed by atoms with E-state index in [1.807, 2.05) is 61.5 Å². The predicted molar refractivity (Wildman–Crippen MR) is 142 cm³/mol. The zero-order chi connectivity index (χ0) is 22.2. The summed E-state index contributed by atoms with van der Waals surface area (Å²) >= 11 is 1.84. The summed E-state index contributed by atoms with van der Waals surface area (Å²) in [5.41, 5.74) is 0.772. The molecule has 3 rings (SSSR count). The summed E-state index contributed by atoms with van der Waals surface area (Å²) in [5.74, 6) is 5.10. The van der Waals surface area contributed by atoms with Crippen molar-refractivity contribution in [3.05, 3.63) is 41.7 Å². The van der Waals surface area contributed by atoms with Crippen LogP contribution in [0.25, 0.3) is 11.0 Å². The number of aliphatic imine (C=N–C) groups is 1. The summed E-state index contributed by atoms with van der Waals surface area (Å²) in [6, 6.07) is 7.92. The molecule has 0 radical (unpaired) electrons. The van der Waals surface area contributed by atoms with E-state index in [0.717, 1.165) is 58.8 Å². The third-order valence-corrected chi connectivity index (χ3v) is 5.68. The Kier molecular flexibility index (Phi) is 10.6. The van der Waals surface area contributed by atoms with E-state index < -0.39 is 0 Å². The fourth-order valence-corrected chi connectivity index (χ4v) is 3.56. The molecule has 2 aromatic heterocycles. The number of fused-ring (bicyclic) bond motifs is 1. The number of aromatic nitrogens is 3. The number of rotatable bonds is 10. The molecular weight excluding hydrogens is 539 g/mol. The Morgan fingerprint density at radius 3 is 2.84 bits per heavy atom. The van der Waals surface area contributed by atoms with Crippen LogP contribution in [0.3, 0.4) is 0 Å². The second-order valence-electron chi connectivity index (χ2n) is 7.28. The number of benzene rings is 1. The average molecular weight is 573 g/mol. The molecule has 176 valence electrons. The van der Waals surface area contributed by atoms with Gasteiger partial charge in [-0.15, -0.1) is 34.2 Å². The van der Waals surface area contributed by atoms with Gasteiger partial charge in [0.15, 0.2) is 23.1 Å². The molecule has 0 aliphatic heterocycles. The quantitative estimate of drug-likeness (QED) is 0.161. The lowest BCUT2D eigenvalue weighted by molar-refractivity contribution is 0.336. The van der Waals surface area contributed by atoms with Crippen molar-refractivity contribution in [2.75, 3.05) is 25.2 Å². The van der Waals surface area contributed by atoms with Crippen molar-refractivity contribution in [2.24, 2.45) is 12.0 Å². The zero-order valence-electron chi connectivity index (χ0n) is 19.3. The van der Waals surface area contributed by atoms with Crippen LogP contribution in [0.5, 0.6) is 5.75 Å². The Morgan fingerprint density at radius 1 is 1.34 bits per heavy atom. The number of halogens is 1. The topological polar surface area (TPSA) is 89.5 Å². The highest BCUT2D eigenvalue weighted by Crippen LogP contribution is 2.31. The van der Waals surface area contributed by atoms with E-state index >= 15 is 0 Å². The van der Waals surface area contributed by atoms with Crippen LogP contribution in [0, 0.1) is 6.92 Å². The lowest BCUT2D eigenvalue weighted by atomic mass is 10.2. The van der Waals surface area contributed by atoms with E-state index in [1.165, 1.54) is 0 Å². The van der Waals surface area contributed by atoms with Gasteiger partial charge in [-0.3, -0.25) is 0 Å². The monoisotopic (exact) mass is 572 g/mol. The van der Waals surface area contributed by atoms with Crippen LogP contribution in [0.1, 0.15) is 43.7 Å². The molecule has 2 heterocycles. The van der Waals surface area contributed by atoms with Crippen LogP contribution in [-0.2, 0) is 13.6 Å². The summed E-state index contributed by atoms with van der Waals surface area (Å²) < 4.78 is 13.8. The van der Waals surface area contributed by atoms with E-state index in [2.05, 4.69) is 34.0 Å². The Labute approximate surface area is 211 Å². The van der Waals surface area contributed by atoms with Crippen molar-refractivity contribution in [3.8, 4) is 5.75 Å². The first kappa shape index (κ1) is 26.3. The molecule has 0 bridgehead atoms. The molecule has 1 aromatic carbocycles. The number of aryl methyl sites for hydroxylation is 1. The summed E-state index contributed by atoms with van der Waals surface area (Å²) in [6.45, 7) is 7.84. The Hall–Kier alpha value is -1.95. The van der Waals surface area contributed by atoms with E-state index in [-0.39, 0.29) is 30.0 Å². The van der Waals surface area contributed by atoms with Crippen LogP contribution >= 0.6 is 35.7 Å². The van der Waals surface area contributed by atoms with E-state index in [4.69, 9.17) is 14.1 Å². The van der Waals surface area contributed by atoms with Gasteiger partial charge >= 0.3 is 0 Å². The van der Waals surface area contributed by atoms with Gasteiger partial charge in [-0.1, -0.05) is 12.1 Å². The van der Waals surface area contributed by atoms with E-state index in [9.17, 15) is 0 Å². The largest absolute Gasteiger partial charge is 0.490 e. The number of hydrogen-bond donors (Lipinski definition) is 2. The SMILES string of the molecule is CCOc1cccc2cc(C(C)NC(=NCc3nnc(C)n3C)NCCCSC)oc12.I. The molecule has 32 heavy (non-hydrogen) atoms. The minimum absolute atomic E-state index is 0. The molecule has 3 aromatic rings. The Bertz CT molecular complexity index is 1020. The maximum atomic E-state index is 6.14. The van der Waals surface area contributed by atoms with Gasteiger partial charge in [0, 0.05) is 19.0 Å². The smallest absolute Gasteiger partial charge is 0.192 e. The molecule has 0 spiro atoms. The van der Waals surface area contributed by atoms with Gasteiger partial charge < -0.3 is 24.4 Å². The average Bonchev–Trinajstić information content (AvgIpc) is 3.34. The van der Waals surface area contributed by atoms with Crippen LogP contribution in [0.2, 0.25) is 0 Å². The first-order chi connectivity index (χ1) is 15.0. The normalized spacial score (nSPS) is 12.5. The van der Waals surface area contributed by atoms with Crippen molar-refractivity contribution in [2.45, 2.75) is 39.8 Å². The molecule has 0 saturated carbocycles. The summed E-state index contributed by atoms with van der Waals surface area (Å²) in [4.78, 5) is 4.73. The lowest BCUT2D eigenvalue weighted by Crippen LogP contribution is -2.39. The first-order valence-electron chi connectivity index (χ1n) is 10.6. The van der Waals surface area contributed by atoms with Gasteiger partial charge in [0.1, 0.15) is 18.1 Å². The van der Waals surface area contributed by atoms with Gasteiger partial charge in [0.05, 0.1) is 12.6 Å². The van der Waals surface area contributed by atoms with Crippen molar-refractivity contribution >= 4 is 52.7 Å². The molecule has 0 amide bonds. The van der Waals surface area contributed by atoms with Crippen LogP contribution in [-0.4, -0.2) is 45.9 Å². The minimum Gasteiger partial charge on any atom is -0.490 e. The molecule has 0 fully saturated rings. The summed E-state index contributed by atoms with van der Waals surface area (Å²) in [5, 5.41) is 16.2. The van der Waals surface area contributed by atoms with Gasteiger partial charge in [0.25, 0.3) is 0 Å². The number of furan rings is 1. The molecule has 2 N–H and O–H groups in total. The molecule has 1 unspecified atom stereocenters. The van der Waals surface area contributed by atoms with Gasteiger partial charge in [-0.2, -0.15) is 11.8 Å². The standard InChI is InChI=1S/C22H32N6O2S.HI/c1-6-29-18-10-7-9-17-13-19(30-21(17)18)15(2)25-22(23-11-8-12-31-5)24-14-20-27-26-16(3)28(20)4;/h7,9-10,13,15H,6,8,11-12,14H2,1-5H3,(H2,23,24,25);1H. The van der Waals surface area contributed by atoms with Crippen molar-refractivity contribution in [1.29, 1.82) is 0 Å². The molecule has 0 aliphatic carbocycles. The predicted octanol–water partition coefficient (Wildman–Crippen LogP) is 4.44. The third-order valence-electron chi connectivity index (χ3n) is 4.99. The number of para-hydroxylation sites is 1. The molecule has 8 nitrogen and oxygen atoms in total. The fraction of sp³-hybridized carbons (Fsp3) is 0.500. The summed E-state index contributed by atoms with van der Waals surface area (Å²) in [7, 11) is 1.95. The first-order valence-corrected chi connectivity index (χ1v) is 12.0. The van der Waals surface area contributed by atoms with E-state index in [0.29, 0.717) is 13.2 Å². The molecule has 0 saturated heterocycles. The van der Waals surface area contributed by atoms with Crippen molar-refractivity contribution in [1.82, 2.24) is 25.4 Å². The van der Waals surface area contributed by atoms with Gasteiger partial charge in [0.2, 0.25) is 0 Å². The maximum absolute atomic E-state index is 6.14. The van der Waals surface area contributed by atoms with E-state index in [1.54, 1.807) is 0 Å². The van der Waals surface area contributed by atoms with Crippen molar-refractivity contribution in [3.63, 3.8) is 0 Å². The highest BCUT2D eigenvalue weighted by molar-refractivity contribution is 14.0. The van der Waals surface area contributed by atoms with Crippen LogP contribution < -0.4 is 15.4 Å². The molecule has 1 atom stereocenters. The summed E-state index contributed by atoms with van der Waals surface area (Å²) in [6.07, 6.45) is 3.17. The van der Waals surface area contributed by atoms with Crippen LogP contribution in [0.15, 0.2) is 33.7 Å². The second kappa shape index (κ2) is 12.9. The second-order valence-corrected chi connectivity index (χ2v) is 8.27. The highest BCUT2D eigenvalue weighted by Gasteiger charge is 2.16. The number of ether oxygens (including phenoxy) is 1. The molecular formula is C22H33IN6O2S.